The summed E-state index contributed by atoms with van der Waals surface area (Å²) in [6.45, 7) is 4.45. The maximum absolute atomic E-state index is 13.2. The Labute approximate surface area is 187 Å². The van der Waals surface area contributed by atoms with Crippen LogP contribution < -0.4 is 5.32 Å². The zero-order valence-electron chi connectivity index (χ0n) is 16.6. The van der Waals surface area contributed by atoms with Crippen molar-refractivity contribution in [3.8, 4) is 0 Å². The maximum atomic E-state index is 13.2. The molecule has 0 unspecified atom stereocenters. The molecule has 2 aromatic rings. The van der Waals surface area contributed by atoms with Gasteiger partial charge in [-0.1, -0.05) is 72.4 Å². The minimum Gasteiger partial charge on any atom is -0.354 e. The summed E-state index contributed by atoms with van der Waals surface area (Å²) in [7, 11) is 0. The lowest BCUT2D eigenvalue weighted by molar-refractivity contribution is -0.140. The summed E-state index contributed by atoms with van der Waals surface area (Å²) in [5.41, 5.74) is 1.31. The lowest BCUT2D eigenvalue weighted by atomic mass is 10.1. The molecule has 0 spiro atoms. The van der Waals surface area contributed by atoms with Gasteiger partial charge in [0.1, 0.15) is 6.04 Å². The van der Waals surface area contributed by atoms with Gasteiger partial charge in [-0.05, 0) is 37.1 Å². The second-order valence-corrected chi connectivity index (χ2v) is 8.03. The van der Waals surface area contributed by atoms with E-state index in [0.717, 1.165) is 12.8 Å². The number of hydrogen-bond donors (Lipinski definition) is 1. The molecule has 2 aromatic carbocycles. The highest BCUT2D eigenvalue weighted by Crippen LogP contribution is 2.27. The molecule has 1 N–H and O–H groups in total. The summed E-state index contributed by atoms with van der Waals surface area (Å²) < 4.78 is 0. The molecule has 0 aliphatic rings. The van der Waals surface area contributed by atoms with Crippen molar-refractivity contribution in [3.63, 3.8) is 0 Å². The van der Waals surface area contributed by atoms with Crippen LogP contribution in [0, 0.1) is 0 Å². The topological polar surface area (TPSA) is 49.4 Å². The summed E-state index contributed by atoms with van der Waals surface area (Å²) in [6, 6.07) is 11.6. The number of carbonyl (C=O) groups is 2. The molecule has 156 valence electrons. The molecule has 0 aliphatic carbocycles. The Bertz CT molecular complexity index is 837. The molecule has 4 nitrogen and oxygen atoms in total. The average molecular weight is 456 g/mol. The molecule has 0 aromatic heterocycles. The van der Waals surface area contributed by atoms with Crippen LogP contribution >= 0.6 is 34.8 Å². The first-order valence-electron chi connectivity index (χ1n) is 9.58. The fraction of sp³-hybridized carbons (Fsp3) is 0.364. The number of carbonyl (C=O) groups excluding carboxylic acids is 2. The second-order valence-electron chi connectivity index (χ2n) is 6.81. The van der Waals surface area contributed by atoms with E-state index in [4.69, 9.17) is 34.8 Å². The Morgan fingerprint density at radius 1 is 1.00 bits per heavy atom. The highest BCUT2D eigenvalue weighted by atomic mass is 35.5. The van der Waals surface area contributed by atoms with E-state index >= 15 is 0 Å². The Morgan fingerprint density at radius 3 is 2.24 bits per heavy atom. The van der Waals surface area contributed by atoms with E-state index in [0.29, 0.717) is 32.7 Å². The minimum atomic E-state index is -0.686. The number of unbranched alkanes of at least 4 members (excludes halogenated alkanes) is 1. The van der Waals surface area contributed by atoms with Gasteiger partial charge in [-0.15, -0.1) is 0 Å². The normalized spacial score (nSPS) is 11.8. The zero-order chi connectivity index (χ0) is 21.4. The Kier molecular flexibility index (Phi) is 9.28. The lowest BCUT2D eigenvalue weighted by Crippen LogP contribution is -2.48. The number of hydrogen-bond acceptors (Lipinski definition) is 2. The smallest absolute Gasteiger partial charge is 0.242 e. The molecule has 0 heterocycles. The van der Waals surface area contributed by atoms with Crippen LogP contribution in [-0.4, -0.2) is 29.3 Å². The minimum absolute atomic E-state index is 0.0777. The first-order chi connectivity index (χ1) is 13.8. The predicted octanol–water partition coefficient (Wildman–Crippen LogP) is 5.52. The van der Waals surface area contributed by atoms with E-state index < -0.39 is 6.04 Å². The predicted molar refractivity (Wildman–Crippen MR) is 120 cm³/mol. The average Bonchev–Trinajstić information content (AvgIpc) is 2.69. The number of rotatable bonds is 9. The van der Waals surface area contributed by atoms with Gasteiger partial charge in [0.15, 0.2) is 0 Å². The molecule has 29 heavy (non-hydrogen) atoms. The quantitative estimate of drug-likeness (QED) is 0.506. The van der Waals surface area contributed by atoms with Gasteiger partial charge in [-0.25, -0.2) is 0 Å². The van der Waals surface area contributed by atoms with Gasteiger partial charge >= 0.3 is 0 Å². The monoisotopic (exact) mass is 454 g/mol. The van der Waals surface area contributed by atoms with Crippen LogP contribution in [-0.2, 0) is 22.6 Å². The van der Waals surface area contributed by atoms with E-state index in [1.54, 1.807) is 43.3 Å². The summed E-state index contributed by atoms with van der Waals surface area (Å²) in [6.07, 6.45) is 1.93. The van der Waals surface area contributed by atoms with E-state index in [9.17, 15) is 9.59 Å². The van der Waals surface area contributed by atoms with Crippen LogP contribution in [0.4, 0.5) is 0 Å². The number of halogens is 3. The van der Waals surface area contributed by atoms with Gasteiger partial charge in [-0.2, -0.15) is 0 Å². The van der Waals surface area contributed by atoms with Crippen molar-refractivity contribution >= 4 is 46.6 Å². The molecular weight excluding hydrogens is 431 g/mol. The number of nitrogens with one attached hydrogen (secondary N) is 1. The lowest BCUT2D eigenvalue weighted by Gasteiger charge is -2.29. The van der Waals surface area contributed by atoms with Crippen LogP contribution in [0.3, 0.4) is 0 Å². The highest BCUT2D eigenvalue weighted by Gasteiger charge is 2.27. The van der Waals surface area contributed by atoms with Crippen molar-refractivity contribution < 1.29 is 9.59 Å². The van der Waals surface area contributed by atoms with Gasteiger partial charge in [0.05, 0.1) is 6.42 Å². The summed E-state index contributed by atoms with van der Waals surface area (Å²) in [5.74, 6) is -0.443. The highest BCUT2D eigenvalue weighted by molar-refractivity contribution is 6.36. The molecule has 0 saturated carbocycles. The van der Waals surface area contributed by atoms with Crippen molar-refractivity contribution in [1.29, 1.82) is 0 Å². The number of benzene rings is 2. The maximum Gasteiger partial charge on any atom is 0.242 e. The summed E-state index contributed by atoms with van der Waals surface area (Å²) in [4.78, 5) is 27.3. The fourth-order valence-corrected chi connectivity index (χ4v) is 3.60. The van der Waals surface area contributed by atoms with E-state index in [1.807, 2.05) is 6.07 Å². The third-order valence-corrected chi connectivity index (χ3v) is 5.76. The Balaban J connectivity index is 2.27. The van der Waals surface area contributed by atoms with Gasteiger partial charge in [0, 0.05) is 33.7 Å². The van der Waals surface area contributed by atoms with Gasteiger partial charge in [0.25, 0.3) is 0 Å². The molecule has 1 atom stereocenters. The van der Waals surface area contributed by atoms with Crippen molar-refractivity contribution in [1.82, 2.24) is 10.2 Å². The number of nitrogens with zero attached hydrogens (tertiary/aromatic N) is 1. The molecule has 2 amide bonds. The third kappa shape index (κ3) is 6.63. The van der Waals surface area contributed by atoms with Crippen LogP contribution in [0.2, 0.25) is 15.1 Å². The third-order valence-electron chi connectivity index (χ3n) is 4.69. The number of amides is 2. The van der Waals surface area contributed by atoms with Crippen LogP contribution in [0.1, 0.15) is 37.8 Å². The molecule has 0 radical (unpaired) electrons. The van der Waals surface area contributed by atoms with Crippen LogP contribution in [0.15, 0.2) is 42.5 Å². The Hall–Kier alpha value is -1.75. The first kappa shape index (κ1) is 23.5. The molecule has 7 heteroatoms. The Morgan fingerprint density at radius 2 is 1.62 bits per heavy atom. The molecular formula is C22H25Cl3N2O2. The largest absolute Gasteiger partial charge is 0.354 e. The van der Waals surface area contributed by atoms with Crippen molar-refractivity contribution in [2.24, 2.45) is 0 Å². The fourth-order valence-electron chi connectivity index (χ4n) is 2.88. The van der Waals surface area contributed by atoms with Crippen LogP contribution in [0.5, 0.6) is 0 Å². The SMILES string of the molecule is CCCCNC(=O)[C@H](C)N(Cc1c(Cl)cccc1Cl)C(=O)Cc1ccccc1Cl. The molecule has 0 saturated heterocycles. The second kappa shape index (κ2) is 11.4. The van der Waals surface area contributed by atoms with Gasteiger partial charge in [-0.3, -0.25) is 9.59 Å². The molecule has 0 fully saturated rings. The van der Waals surface area contributed by atoms with Crippen molar-refractivity contribution in [2.45, 2.75) is 45.7 Å². The first-order valence-corrected chi connectivity index (χ1v) is 10.7. The summed E-state index contributed by atoms with van der Waals surface area (Å²) in [5, 5.41) is 4.30. The zero-order valence-corrected chi connectivity index (χ0v) is 18.8. The van der Waals surface area contributed by atoms with Crippen LogP contribution in [0.25, 0.3) is 0 Å². The standard InChI is InChI=1S/C22H25Cl3N2O2/c1-3-4-12-26-22(29)15(2)27(14-17-19(24)10-7-11-20(17)25)21(28)13-16-8-5-6-9-18(16)23/h5-11,15H,3-4,12-14H2,1-2H3,(H,26,29)/t15-/m0/s1. The van der Waals surface area contributed by atoms with E-state index in [1.165, 1.54) is 4.90 Å². The van der Waals surface area contributed by atoms with Crippen molar-refractivity contribution in [2.75, 3.05) is 6.54 Å². The van der Waals surface area contributed by atoms with Gasteiger partial charge < -0.3 is 10.2 Å². The molecule has 0 aliphatic heterocycles. The molecule has 0 bridgehead atoms. The van der Waals surface area contributed by atoms with E-state index in [2.05, 4.69) is 12.2 Å². The van der Waals surface area contributed by atoms with E-state index in [-0.39, 0.29) is 24.8 Å². The summed E-state index contributed by atoms with van der Waals surface area (Å²) >= 11 is 18.8. The van der Waals surface area contributed by atoms with Gasteiger partial charge in [0.2, 0.25) is 11.8 Å². The van der Waals surface area contributed by atoms with Crippen molar-refractivity contribution in [3.05, 3.63) is 68.7 Å². The molecule has 2 rings (SSSR count).